The van der Waals surface area contributed by atoms with Crippen LogP contribution in [-0.2, 0) is 6.42 Å². The highest BCUT2D eigenvalue weighted by atomic mass is 16.3. The van der Waals surface area contributed by atoms with Crippen LogP contribution in [0.3, 0.4) is 0 Å². The van der Waals surface area contributed by atoms with Crippen LogP contribution < -0.4 is 4.90 Å². The molecule has 104 valence electrons. The summed E-state index contributed by atoms with van der Waals surface area (Å²) in [5.74, 6) is 0. The van der Waals surface area contributed by atoms with Crippen molar-refractivity contribution in [1.29, 1.82) is 0 Å². The first-order chi connectivity index (χ1) is 11.4. The number of hydrogen-bond donors (Lipinski definition) is 0. The second-order valence-corrected chi connectivity index (χ2v) is 5.66. The molecule has 1 unspecified atom stereocenters. The van der Waals surface area contributed by atoms with Crippen LogP contribution in [0.5, 0.6) is 0 Å². The molecule has 4 nitrogen and oxygen atoms in total. The molecule has 4 heterocycles. The second-order valence-electron chi connectivity index (χ2n) is 5.66. The predicted octanol–water partition coefficient (Wildman–Crippen LogP) is 3.39. The van der Waals surface area contributed by atoms with Crippen molar-refractivity contribution in [2.45, 2.75) is 19.4 Å². The van der Waals surface area contributed by atoms with Crippen molar-refractivity contribution >= 4 is 27.8 Å². The van der Waals surface area contributed by atoms with Gasteiger partial charge in [0, 0.05) is 46.4 Å². The van der Waals surface area contributed by atoms with E-state index >= 15 is 0 Å². The summed E-state index contributed by atoms with van der Waals surface area (Å²) in [4.78, 5) is 8.63. The number of nitrogens with zero attached hydrogens (tertiary/aromatic N) is 3. The van der Waals surface area contributed by atoms with Crippen molar-refractivity contribution < 1.29 is 8.53 Å². The predicted molar refractivity (Wildman–Crippen MR) is 83.1 cm³/mol. The SMILES string of the molecule is [2H]C([2H])([2H])c1ccc2c(n1)oc1c3c(ccc12)CC1N(C)C=CN31. The number of fused-ring (bicyclic) bond motifs is 7. The van der Waals surface area contributed by atoms with Gasteiger partial charge < -0.3 is 14.2 Å². The maximum Gasteiger partial charge on any atom is 0.227 e. The Kier molecular flexibility index (Phi) is 1.49. The molecule has 5 rings (SSSR count). The molecule has 0 N–H and O–H groups in total. The summed E-state index contributed by atoms with van der Waals surface area (Å²) in [6.45, 7) is -2.24. The van der Waals surface area contributed by atoms with E-state index in [1.165, 1.54) is 5.56 Å². The van der Waals surface area contributed by atoms with Crippen molar-refractivity contribution in [3.05, 3.63) is 47.9 Å². The van der Waals surface area contributed by atoms with Gasteiger partial charge in [-0.1, -0.05) is 6.07 Å². The molecular weight excluding hydrogens is 262 g/mol. The van der Waals surface area contributed by atoms with Gasteiger partial charge in [0.2, 0.25) is 5.71 Å². The van der Waals surface area contributed by atoms with E-state index in [9.17, 15) is 0 Å². The Morgan fingerprint density at radius 3 is 3.05 bits per heavy atom. The van der Waals surface area contributed by atoms with E-state index in [1.807, 2.05) is 6.07 Å². The van der Waals surface area contributed by atoms with E-state index < -0.39 is 6.85 Å². The highest BCUT2D eigenvalue weighted by molar-refractivity contribution is 6.09. The Balaban J connectivity index is 1.77. The Bertz CT molecular complexity index is 1020. The van der Waals surface area contributed by atoms with E-state index in [2.05, 4.69) is 40.3 Å². The molecule has 0 bridgehead atoms. The first-order valence-corrected chi connectivity index (χ1v) is 6.98. The van der Waals surface area contributed by atoms with E-state index in [-0.39, 0.29) is 11.9 Å². The Hall–Kier alpha value is -2.49. The number of furan rings is 1. The molecule has 2 aliphatic rings. The summed E-state index contributed by atoms with van der Waals surface area (Å²) in [6, 6.07) is 7.53. The Morgan fingerprint density at radius 1 is 1.24 bits per heavy atom. The average molecular weight is 280 g/mol. The molecular formula is C17H15N3O. The molecule has 0 spiro atoms. The Labute approximate surface area is 126 Å². The fourth-order valence-corrected chi connectivity index (χ4v) is 3.43. The molecule has 0 fully saturated rings. The number of rotatable bonds is 0. The van der Waals surface area contributed by atoms with Gasteiger partial charge in [0.1, 0.15) is 6.17 Å². The topological polar surface area (TPSA) is 32.5 Å². The summed E-state index contributed by atoms with van der Waals surface area (Å²) < 4.78 is 28.6. The third kappa shape index (κ3) is 1.32. The number of likely N-dealkylation sites (N-methyl/N-ethyl adjacent to an activating group) is 1. The number of benzene rings is 1. The van der Waals surface area contributed by atoms with Crippen LogP contribution in [0.1, 0.15) is 15.4 Å². The van der Waals surface area contributed by atoms with Crippen molar-refractivity contribution in [1.82, 2.24) is 9.88 Å². The summed E-state index contributed by atoms with van der Waals surface area (Å²) in [5.41, 5.74) is 3.52. The first-order valence-electron chi connectivity index (χ1n) is 8.48. The van der Waals surface area contributed by atoms with Crippen LogP contribution in [0, 0.1) is 6.85 Å². The van der Waals surface area contributed by atoms with Gasteiger partial charge in [0.05, 0.1) is 5.69 Å². The summed E-state index contributed by atoms with van der Waals surface area (Å²) in [7, 11) is 2.06. The Morgan fingerprint density at radius 2 is 2.14 bits per heavy atom. The molecule has 0 radical (unpaired) electrons. The molecule has 3 aromatic rings. The molecule has 2 aromatic heterocycles. The summed E-state index contributed by atoms with van der Waals surface area (Å²) >= 11 is 0. The maximum atomic E-state index is 7.53. The number of pyridine rings is 1. The van der Waals surface area contributed by atoms with Gasteiger partial charge in [0.25, 0.3) is 0 Å². The highest BCUT2D eigenvalue weighted by Crippen LogP contribution is 2.44. The summed E-state index contributed by atoms with van der Waals surface area (Å²) in [6.07, 6.45) is 5.33. The minimum atomic E-state index is -2.24. The standard InChI is InChI=1S/C17H15N3O/c1-10-3-5-13-12-6-4-11-9-14-19(2)7-8-20(14)15(11)16(12)21-17(13)18-10/h3-8,14H,9H2,1-2H3/i1D3. The molecule has 0 aliphatic carbocycles. The van der Waals surface area contributed by atoms with Gasteiger partial charge >= 0.3 is 0 Å². The van der Waals surface area contributed by atoms with E-state index in [4.69, 9.17) is 8.53 Å². The fraction of sp³-hybridized carbons (Fsp3) is 0.235. The fourth-order valence-electron chi connectivity index (χ4n) is 3.43. The minimum absolute atomic E-state index is 0.0596. The number of aromatic nitrogens is 1. The van der Waals surface area contributed by atoms with Gasteiger partial charge in [-0.3, -0.25) is 0 Å². The zero-order chi connectivity index (χ0) is 16.6. The first kappa shape index (κ1) is 8.72. The molecule has 4 heteroatoms. The second kappa shape index (κ2) is 3.58. The lowest BCUT2D eigenvalue weighted by molar-refractivity contribution is 0.369. The molecule has 1 atom stereocenters. The molecule has 1 aromatic carbocycles. The van der Waals surface area contributed by atoms with Gasteiger partial charge in [-0.25, -0.2) is 4.98 Å². The van der Waals surface area contributed by atoms with Crippen LogP contribution >= 0.6 is 0 Å². The van der Waals surface area contributed by atoms with Crippen molar-refractivity contribution in [2.24, 2.45) is 0 Å². The van der Waals surface area contributed by atoms with E-state index in [1.54, 1.807) is 12.1 Å². The van der Waals surface area contributed by atoms with Crippen LogP contribution in [0.25, 0.3) is 22.1 Å². The lowest BCUT2D eigenvalue weighted by atomic mass is 10.1. The minimum Gasteiger partial charge on any atom is -0.435 e. The van der Waals surface area contributed by atoms with Gasteiger partial charge in [0.15, 0.2) is 5.58 Å². The third-order valence-corrected chi connectivity index (χ3v) is 4.48. The lowest BCUT2D eigenvalue weighted by Crippen LogP contribution is -2.33. The third-order valence-electron chi connectivity index (χ3n) is 4.48. The lowest BCUT2D eigenvalue weighted by Gasteiger charge is -2.23. The van der Waals surface area contributed by atoms with Crippen LogP contribution in [0.15, 0.2) is 41.1 Å². The monoisotopic (exact) mass is 280 g/mol. The normalized spacial score (nSPS) is 22.5. The van der Waals surface area contributed by atoms with Crippen molar-refractivity contribution in [2.75, 3.05) is 11.9 Å². The number of aryl methyl sites for hydroxylation is 1. The zero-order valence-corrected chi connectivity index (χ0v) is 11.5. The molecule has 2 aliphatic heterocycles. The molecule has 0 saturated heterocycles. The van der Waals surface area contributed by atoms with E-state index in [0.29, 0.717) is 5.71 Å². The quantitative estimate of drug-likeness (QED) is 0.632. The average Bonchev–Trinajstić information content (AvgIpc) is 3.17. The highest BCUT2D eigenvalue weighted by Gasteiger charge is 2.36. The van der Waals surface area contributed by atoms with Crippen molar-refractivity contribution in [3.8, 4) is 0 Å². The molecule has 0 amide bonds. The number of hydrogen-bond acceptors (Lipinski definition) is 4. The molecule has 0 saturated carbocycles. The van der Waals surface area contributed by atoms with E-state index in [0.717, 1.165) is 28.5 Å². The largest absolute Gasteiger partial charge is 0.435 e. The smallest absolute Gasteiger partial charge is 0.227 e. The molecule has 21 heavy (non-hydrogen) atoms. The number of anilines is 1. The van der Waals surface area contributed by atoms with Gasteiger partial charge in [-0.2, -0.15) is 0 Å². The summed E-state index contributed by atoms with van der Waals surface area (Å²) in [5, 5.41) is 1.82. The van der Waals surface area contributed by atoms with Crippen LogP contribution in [-0.4, -0.2) is 23.1 Å². The maximum absolute atomic E-state index is 7.53. The van der Waals surface area contributed by atoms with Crippen LogP contribution in [0.4, 0.5) is 5.69 Å². The zero-order valence-electron chi connectivity index (χ0n) is 14.5. The van der Waals surface area contributed by atoms with Gasteiger partial charge in [-0.05, 0) is 30.6 Å². The van der Waals surface area contributed by atoms with Gasteiger partial charge in [-0.15, -0.1) is 0 Å². The van der Waals surface area contributed by atoms with Crippen LogP contribution in [0.2, 0.25) is 0 Å². The van der Waals surface area contributed by atoms with Crippen molar-refractivity contribution in [3.63, 3.8) is 0 Å².